The van der Waals surface area contributed by atoms with Gasteiger partial charge in [0.1, 0.15) is 0 Å². The summed E-state index contributed by atoms with van der Waals surface area (Å²) in [6.45, 7) is 11.4. The summed E-state index contributed by atoms with van der Waals surface area (Å²) in [7, 11) is 0. The average Bonchev–Trinajstić information content (AvgIpc) is 2.29. The van der Waals surface area contributed by atoms with Gasteiger partial charge in [0.25, 0.3) is 0 Å². The zero-order valence-electron chi connectivity index (χ0n) is 11.2. The monoisotopic (exact) mass is 228 g/mol. The summed E-state index contributed by atoms with van der Waals surface area (Å²) in [4.78, 5) is 2.38. The summed E-state index contributed by atoms with van der Waals surface area (Å²) in [6.07, 6.45) is 1.92. The van der Waals surface area contributed by atoms with Crippen LogP contribution in [-0.2, 0) is 0 Å². The van der Waals surface area contributed by atoms with E-state index in [9.17, 15) is 0 Å². The van der Waals surface area contributed by atoms with Crippen LogP contribution in [0.3, 0.4) is 0 Å². The lowest BCUT2D eigenvalue weighted by molar-refractivity contribution is 0.00345. The van der Waals surface area contributed by atoms with E-state index in [0.29, 0.717) is 6.04 Å². The molecule has 4 heteroatoms. The van der Waals surface area contributed by atoms with E-state index < -0.39 is 0 Å². The van der Waals surface area contributed by atoms with E-state index in [1.54, 1.807) is 0 Å². The molecule has 0 radical (unpaired) electrons. The average molecular weight is 228 g/mol. The van der Waals surface area contributed by atoms with Gasteiger partial charge in [-0.1, -0.05) is 13.8 Å². The summed E-state index contributed by atoms with van der Waals surface area (Å²) in [6, 6.07) is 0.321. The van der Waals surface area contributed by atoms with Gasteiger partial charge in [0.2, 0.25) is 0 Å². The normalized spacial score (nSPS) is 30.8. The number of hydrogen-bond acceptors (Lipinski definition) is 4. The molecule has 0 bridgehead atoms. The molecule has 4 nitrogen and oxygen atoms in total. The Hall–Kier alpha value is -0.160. The van der Waals surface area contributed by atoms with E-state index in [2.05, 4.69) is 37.9 Å². The number of piperazine rings is 1. The van der Waals surface area contributed by atoms with Crippen LogP contribution in [0, 0.1) is 0 Å². The zero-order chi connectivity index (χ0) is 12.4. The topological polar surface area (TPSA) is 67.3 Å². The highest BCUT2D eigenvalue weighted by atomic mass is 15.3. The highest BCUT2D eigenvalue weighted by molar-refractivity contribution is 5.00. The van der Waals surface area contributed by atoms with Gasteiger partial charge in [-0.2, -0.15) is 0 Å². The van der Waals surface area contributed by atoms with Crippen LogP contribution in [0.1, 0.15) is 40.5 Å². The Morgan fingerprint density at radius 2 is 1.88 bits per heavy atom. The maximum atomic E-state index is 6.40. The molecule has 96 valence electrons. The second-order valence-electron chi connectivity index (χ2n) is 5.48. The van der Waals surface area contributed by atoms with E-state index in [1.165, 1.54) is 0 Å². The van der Waals surface area contributed by atoms with Crippen molar-refractivity contribution in [1.82, 2.24) is 10.2 Å². The Morgan fingerprint density at radius 3 is 2.38 bits per heavy atom. The van der Waals surface area contributed by atoms with Crippen molar-refractivity contribution in [3.8, 4) is 0 Å². The molecule has 0 aromatic carbocycles. The molecule has 1 saturated heterocycles. The van der Waals surface area contributed by atoms with Crippen LogP contribution in [0.4, 0.5) is 0 Å². The minimum absolute atomic E-state index is 0.177. The standard InChI is InChI=1S/C12H28N4/c1-5-11(3,13)10-9-15-7-8-16(10)12(4,14)6-2/h10,15H,5-9,13-14H2,1-4H3. The van der Waals surface area contributed by atoms with Crippen LogP contribution in [0.2, 0.25) is 0 Å². The fraction of sp³-hybridized carbons (Fsp3) is 1.00. The molecule has 0 aromatic rings. The first kappa shape index (κ1) is 13.9. The number of nitrogens with two attached hydrogens (primary N) is 2. The SMILES string of the molecule is CCC(C)(N)C1CNCCN1C(C)(N)CC. The van der Waals surface area contributed by atoms with E-state index in [1.807, 2.05) is 0 Å². The lowest BCUT2D eigenvalue weighted by atomic mass is 9.86. The number of nitrogens with one attached hydrogen (secondary N) is 1. The molecule has 1 rings (SSSR count). The van der Waals surface area contributed by atoms with Gasteiger partial charge in [-0.3, -0.25) is 4.90 Å². The molecular formula is C12H28N4. The first-order valence-electron chi connectivity index (χ1n) is 6.40. The van der Waals surface area contributed by atoms with Gasteiger partial charge in [-0.25, -0.2) is 0 Å². The summed E-state index contributed by atoms with van der Waals surface area (Å²) >= 11 is 0. The predicted octanol–water partition coefficient (Wildman–Crippen LogP) is 0.473. The molecule has 0 amide bonds. The molecule has 1 heterocycles. The van der Waals surface area contributed by atoms with Crippen molar-refractivity contribution in [3.05, 3.63) is 0 Å². The van der Waals surface area contributed by atoms with E-state index in [-0.39, 0.29) is 11.2 Å². The van der Waals surface area contributed by atoms with Crippen LogP contribution in [0.15, 0.2) is 0 Å². The van der Waals surface area contributed by atoms with Gasteiger partial charge in [0, 0.05) is 31.2 Å². The fourth-order valence-corrected chi connectivity index (χ4v) is 2.34. The highest BCUT2D eigenvalue weighted by Crippen LogP contribution is 2.25. The molecule has 16 heavy (non-hydrogen) atoms. The Balaban J connectivity index is 2.87. The predicted molar refractivity (Wildman–Crippen MR) is 69.1 cm³/mol. The molecule has 3 atom stereocenters. The van der Waals surface area contributed by atoms with Gasteiger partial charge in [0.15, 0.2) is 0 Å². The van der Waals surface area contributed by atoms with Crippen LogP contribution in [-0.4, -0.2) is 41.8 Å². The summed E-state index contributed by atoms with van der Waals surface area (Å²) in [5, 5.41) is 3.42. The quantitative estimate of drug-likeness (QED) is 0.654. The van der Waals surface area contributed by atoms with Gasteiger partial charge < -0.3 is 16.8 Å². The number of rotatable bonds is 4. The number of hydrogen-bond donors (Lipinski definition) is 3. The molecular weight excluding hydrogens is 200 g/mol. The summed E-state index contributed by atoms with van der Waals surface area (Å²) in [5.41, 5.74) is 12.3. The first-order valence-corrected chi connectivity index (χ1v) is 6.40. The smallest absolute Gasteiger partial charge is 0.0659 e. The Kier molecular flexibility index (Phi) is 4.35. The molecule has 0 aliphatic carbocycles. The lowest BCUT2D eigenvalue weighted by Crippen LogP contribution is -2.71. The van der Waals surface area contributed by atoms with Crippen molar-refractivity contribution >= 4 is 0 Å². The maximum Gasteiger partial charge on any atom is 0.0659 e. The molecule has 0 spiro atoms. The van der Waals surface area contributed by atoms with Crippen molar-refractivity contribution in [2.45, 2.75) is 57.8 Å². The third-order valence-corrected chi connectivity index (χ3v) is 4.14. The van der Waals surface area contributed by atoms with E-state index in [0.717, 1.165) is 32.5 Å². The van der Waals surface area contributed by atoms with Crippen LogP contribution < -0.4 is 16.8 Å². The molecule has 1 aliphatic heterocycles. The maximum absolute atomic E-state index is 6.40. The van der Waals surface area contributed by atoms with Crippen molar-refractivity contribution in [2.75, 3.05) is 19.6 Å². The van der Waals surface area contributed by atoms with Crippen molar-refractivity contribution in [2.24, 2.45) is 11.5 Å². The van der Waals surface area contributed by atoms with Gasteiger partial charge in [-0.15, -0.1) is 0 Å². The molecule has 0 saturated carbocycles. The van der Waals surface area contributed by atoms with E-state index in [4.69, 9.17) is 11.5 Å². The third-order valence-electron chi connectivity index (χ3n) is 4.14. The highest BCUT2D eigenvalue weighted by Gasteiger charge is 2.41. The van der Waals surface area contributed by atoms with Crippen molar-refractivity contribution < 1.29 is 0 Å². The van der Waals surface area contributed by atoms with E-state index >= 15 is 0 Å². The largest absolute Gasteiger partial charge is 0.324 e. The van der Waals surface area contributed by atoms with Crippen molar-refractivity contribution in [1.29, 1.82) is 0 Å². The van der Waals surface area contributed by atoms with Crippen LogP contribution >= 0.6 is 0 Å². The minimum atomic E-state index is -0.247. The third kappa shape index (κ3) is 2.74. The first-order chi connectivity index (χ1) is 7.35. The van der Waals surface area contributed by atoms with Gasteiger partial charge >= 0.3 is 0 Å². The second kappa shape index (κ2) is 5.00. The Morgan fingerprint density at radius 1 is 1.25 bits per heavy atom. The number of nitrogens with zero attached hydrogens (tertiary/aromatic N) is 1. The second-order valence-corrected chi connectivity index (χ2v) is 5.48. The zero-order valence-corrected chi connectivity index (χ0v) is 11.2. The lowest BCUT2D eigenvalue weighted by Gasteiger charge is -2.51. The molecule has 5 N–H and O–H groups in total. The molecule has 3 unspecified atom stereocenters. The van der Waals surface area contributed by atoms with Gasteiger partial charge in [0.05, 0.1) is 5.66 Å². The summed E-state index contributed by atoms with van der Waals surface area (Å²) in [5.74, 6) is 0. The molecule has 0 aromatic heterocycles. The van der Waals surface area contributed by atoms with Crippen LogP contribution in [0.25, 0.3) is 0 Å². The van der Waals surface area contributed by atoms with Crippen molar-refractivity contribution in [3.63, 3.8) is 0 Å². The van der Waals surface area contributed by atoms with Gasteiger partial charge in [-0.05, 0) is 26.7 Å². The van der Waals surface area contributed by atoms with Crippen LogP contribution in [0.5, 0.6) is 0 Å². The summed E-state index contributed by atoms with van der Waals surface area (Å²) < 4.78 is 0. The Bertz CT molecular complexity index is 201. The molecule has 1 aliphatic rings. The Labute approximate surface area is 99.7 Å². The molecule has 1 fully saturated rings. The minimum Gasteiger partial charge on any atom is -0.324 e. The fourth-order valence-electron chi connectivity index (χ4n) is 2.34.